The van der Waals surface area contributed by atoms with Gasteiger partial charge in [-0.3, -0.25) is 4.79 Å². The molecule has 0 bridgehead atoms. The molecule has 1 fully saturated rings. The van der Waals surface area contributed by atoms with Crippen molar-refractivity contribution in [2.45, 2.75) is 39.5 Å². The predicted molar refractivity (Wildman–Crippen MR) is 93.0 cm³/mol. The summed E-state index contributed by atoms with van der Waals surface area (Å²) in [4.78, 5) is 12.6. The summed E-state index contributed by atoms with van der Waals surface area (Å²) in [7, 11) is -3.24. The van der Waals surface area contributed by atoms with Crippen molar-refractivity contribution in [3.8, 4) is 0 Å². The second-order valence-electron chi connectivity index (χ2n) is 6.64. The minimum Gasteiger partial charge on any atom is -0.325 e. The fraction of sp³-hybridized carbons (Fsp3) is 0.588. The summed E-state index contributed by atoms with van der Waals surface area (Å²) in [6, 6.07) is 5.99. The molecule has 1 heterocycles. The summed E-state index contributed by atoms with van der Waals surface area (Å²) < 4.78 is 24.8. The number of carbonyl (C=O) groups excluding carboxylic acids is 1. The van der Waals surface area contributed by atoms with Gasteiger partial charge in [0.25, 0.3) is 0 Å². The van der Waals surface area contributed by atoms with Gasteiger partial charge in [0.2, 0.25) is 15.9 Å². The zero-order chi connectivity index (χ0) is 17.2. The Balaban J connectivity index is 2.17. The van der Waals surface area contributed by atoms with Gasteiger partial charge in [-0.25, -0.2) is 12.7 Å². The summed E-state index contributed by atoms with van der Waals surface area (Å²) in [5, 5.41) is 3.04. The Morgan fingerprint density at radius 1 is 1.35 bits per heavy atom. The van der Waals surface area contributed by atoms with E-state index in [2.05, 4.69) is 19.2 Å². The van der Waals surface area contributed by atoms with Crippen LogP contribution in [0.15, 0.2) is 18.2 Å². The standard InChI is InChI=1S/C17H26N2O3S/c1-12(2)15-9-5-7-13(3)16(15)18-17(20)14-8-6-10-19(11-14)23(4,21)22/h5,7,9,12,14H,6,8,10-11H2,1-4H3,(H,18,20)/t14-/m1/s1. The van der Waals surface area contributed by atoms with Crippen LogP contribution in [0.5, 0.6) is 0 Å². The van der Waals surface area contributed by atoms with Gasteiger partial charge < -0.3 is 5.32 Å². The fourth-order valence-electron chi connectivity index (χ4n) is 3.03. The number of sulfonamides is 1. The molecule has 1 atom stereocenters. The molecule has 0 aliphatic carbocycles. The van der Waals surface area contributed by atoms with Gasteiger partial charge in [0.05, 0.1) is 12.2 Å². The first kappa shape index (κ1) is 17.9. The molecule has 0 radical (unpaired) electrons. The molecular weight excluding hydrogens is 312 g/mol. The number of hydrogen-bond donors (Lipinski definition) is 1. The molecular formula is C17H26N2O3S. The lowest BCUT2D eigenvalue weighted by Gasteiger charge is -2.30. The second kappa shape index (κ2) is 7.01. The van der Waals surface area contributed by atoms with Crippen molar-refractivity contribution in [1.29, 1.82) is 0 Å². The van der Waals surface area contributed by atoms with E-state index in [1.54, 1.807) is 0 Å². The summed E-state index contributed by atoms with van der Waals surface area (Å²) in [5.74, 6) is -0.0725. The topological polar surface area (TPSA) is 66.5 Å². The third-order valence-electron chi connectivity index (χ3n) is 4.40. The maximum Gasteiger partial charge on any atom is 0.228 e. The molecule has 1 aromatic rings. The number of carbonyl (C=O) groups is 1. The maximum atomic E-state index is 12.6. The largest absolute Gasteiger partial charge is 0.325 e. The van der Waals surface area contributed by atoms with Gasteiger partial charge in [-0.05, 0) is 36.8 Å². The van der Waals surface area contributed by atoms with E-state index < -0.39 is 10.0 Å². The van der Waals surface area contributed by atoms with Gasteiger partial charge in [0.15, 0.2) is 0 Å². The maximum absolute atomic E-state index is 12.6. The molecule has 1 aromatic carbocycles. The average Bonchev–Trinajstić information content (AvgIpc) is 2.48. The highest BCUT2D eigenvalue weighted by atomic mass is 32.2. The van der Waals surface area contributed by atoms with E-state index in [9.17, 15) is 13.2 Å². The molecule has 2 rings (SSSR count). The quantitative estimate of drug-likeness (QED) is 0.918. The molecule has 5 nitrogen and oxygen atoms in total. The summed E-state index contributed by atoms with van der Waals surface area (Å²) in [5.41, 5.74) is 3.00. The normalized spacial score (nSPS) is 19.8. The molecule has 0 unspecified atom stereocenters. The lowest BCUT2D eigenvalue weighted by molar-refractivity contribution is -0.120. The van der Waals surface area contributed by atoms with Crippen molar-refractivity contribution in [2.24, 2.45) is 5.92 Å². The Hall–Kier alpha value is -1.40. The number of benzene rings is 1. The molecule has 1 N–H and O–H groups in total. The van der Waals surface area contributed by atoms with E-state index >= 15 is 0 Å². The van der Waals surface area contributed by atoms with Crippen LogP contribution in [-0.4, -0.2) is 38.0 Å². The second-order valence-corrected chi connectivity index (χ2v) is 8.63. The van der Waals surface area contributed by atoms with E-state index in [0.29, 0.717) is 12.5 Å². The van der Waals surface area contributed by atoms with Crippen molar-refractivity contribution in [2.75, 3.05) is 24.7 Å². The van der Waals surface area contributed by atoms with Crippen LogP contribution in [0.25, 0.3) is 0 Å². The number of rotatable bonds is 4. The molecule has 0 spiro atoms. The van der Waals surface area contributed by atoms with Gasteiger partial charge in [0.1, 0.15) is 0 Å². The average molecular weight is 338 g/mol. The Kier molecular flexibility index (Phi) is 5.47. The van der Waals surface area contributed by atoms with Crippen molar-refractivity contribution < 1.29 is 13.2 Å². The number of amides is 1. The van der Waals surface area contributed by atoms with Crippen LogP contribution < -0.4 is 5.32 Å². The molecule has 0 saturated carbocycles. The lowest BCUT2D eigenvalue weighted by atomic mass is 9.95. The van der Waals surface area contributed by atoms with E-state index in [0.717, 1.165) is 29.7 Å². The fourth-order valence-corrected chi connectivity index (χ4v) is 3.94. The minimum atomic E-state index is -3.24. The number of anilines is 1. The highest BCUT2D eigenvalue weighted by Crippen LogP contribution is 2.29. The number of hydrogen-bond acceptors (Lipinski definition) is 3. The summed E-state index contributed by atoms with van der Waals surface area (Å²) >= 11 is 0. The van der Waals surface area contributed by atoms with Crippen LogP contribution in [0.2, 0.25) is 0 Å². The van der Waals surface area contributed by atoms with Gasteiger partial charge in [0, 0.05) is 18.8 Å². The SMILES string of the molecule is Cc1cccc(C(C)C)c1NC(=O)[C@@H]1CCCN(S(C)(=O)=O)C1. The highest BCUT2D eigenvalue weighted by Gasteiger charge is 2.30. The molecule has 1 saturated heterocycles. The number of para-hydroxylation sites is 1. The van der Waals surface area contributed by atoms with Gasteiger partial charge in [-0.2, -0.15) is 0 Å². The van der Waals surface area contributed by atoms with Gasteiger partial charge in [-0.1, -0.05) is 32.0 Å². The van der Waals surface area contributed by atoms with E-state index in [1.807, 2.05) is 25.1 Å². The zero-order valence-electron chi connectivity index (χ0n) is 14.3. The number of nitrogens with one attached hydrogen (secondary N) is 1. The molecule has 1 aliphatic rings. The number of nitrogens with zero attached hydrogens (tertiary/aromatic N) is 1. The minimum absolute atomic E-state index is 0.0884. The Morgan fingerprint density at radius 2 is 2.04 bits per heavy atom. The van der Waals surface area contributed by atoms with Gasteiger partial charge >= 0.3 is 0 Å². The first-order valence-electron chi connectivity index (χ1n) is 8.05. The highest BCUT2D eigenvalue weighted by molar-refractivity contribution is 7.88. The lowest BCUT2D eigenvalue weighted by Crippen LogP contribution is -2.43. The monoisotopic (exact) mass is 338 g/mol. The summed E-state index contributed by atoms with van der Waals surface area (Å²) in [6.45, 7) is 6.94. The Morgan fingerprint density at radius 3 is 2.65 bits per heavy atom. The van der Waals surface area contributed by atoms with Crippen molar-refractivity contribution in [1.82, 2.24) is 4.31 Å². The smallest absolute Gasteiger partial charge is 0.228 e. The molecule has 6 heteroatoms. The molecule has 23 heavy (non-hydrogen) atoms. The first-order valence-corrected chi connectivity index (χ1v) is 9.90. The molecule has 0 aromatic heterocycles. The van der Waals surface area contributed by atoms with Crippen LogP contribution >= 0.6 is 0 Å². The molecule has 1 amide bonds. The summed E-state index contributed by atoms with van der Waals surface area (Å²) in [6.07, 6.45) is 2.64. The first-order chi connectivity index (χ1) is 10.7. The van der Waals surface area contributed by atoms with Gasteiger partial charge in [-0.15, -0.1) is 0 Å². The van der Waals surface area contributed by atoms with E-state index in [1.165, 1.54) is 10.6 Å². The van der Waals surface area contributed by atoms with Crippen LogP contribution in [-0.2, 0) is 14.8 Å². The van der Waals surface area contributed by atoms with Crippen LogP contribution in [0.1, 0.15) is 43.7 Å². The van der Waals surface area contributed by atoms with E-state index in [-0.39, 0.29) is 18.4 Å². The van der Waals surface area contributed by atoms with Crippen LogP contribution in [0, 0.1) is 12.8 Å². The molecule has 1 aliphatic heterocycles. The number of aryl methyl sites for hydroxylation is 1. The third-order valence-corrected chi connectivity index (χ3v) is 5.67. The van der Waals surface area contributed by atoms with Crippen LogP contribution in [0.4, 0.5) is 5.69 Å². The molecule has 128 valence electrons. The Bertz CT molecular complexity index is 683. The van der Waals surface area contributed by atoms with Crippen molar-refractivity contribution in [3.63, 3.8) is 0 Å². The third kappa shape index (κ3) is 4.32. The predicted octanol–water partition coefficient (Wildman–Crippen LogP) is 2.73. The van der Waals surface area contributed by atoms with Crippen molar-refractivity contribution >= 4 is 21.6 Å². The van der Waals surface area contributed by atoms with E-state index in [4.69, 9.17) is 0 Å². The number of piperidine rings is 1. The Labute approximate surface area is 139 Å². The van der Waals surface area contributed by atoms with Crippen molar-refractivity contribution in [3.05, 3.63) is 29.3 Å². The zero-order valence-corrected chi connectivity index (χ0v) is 15.1. The van der Waals surface area contributed by atoms with Crippen LogP contribution in [0.3, 0.4) is 0 Å².